The van der Waals surface area contributed by atoms with Gasteiger partial charge in [-0.05, 0) is 23.5 Å². The number of ether oxygens (including phenoxy) is 1. The summed E-state index contributed by atoms with van der Waals surface area (Å²) in [5.41, 5.74) is 1.67. The summed E-state index contributed by atoms with van der Waals surface area (Å²) in [7, 11) is -1.87. The maximum absolute atomic E-state index is 10.4. The Morgan fingerprint density at radius 3 is 1.70 bits per heavy atom. The fourth-order valence-electron chi connectivity index (χ4n) is 3.85. The maximum Gasteiger partial charge on any atom is 0.200 e. The molecule has 120 valence electrons. The number of hydrogen-bond acceptors (Lipinski definition) is 3. The van der Waals surface area contributed by atoms with Gasteiger partial charge in [0.25, 0.3) is 0 Å². The molecule has 0 aromatic rings. The molecule has 4 atom stereocenters. The van der Waals surface area contributed by atoms with Crippen molar-refractivity contribution in [1.29, 1.82) is 0 Å². The molecule has 1 aliphatic rings. The lowest BCUT2D eigenvalue weighted by molar-refractivity contribution is 0.0455. The van der Waals surface area contributed by atoms with Crippen LogP contribution in [0.1, 0.15) is 55.4 Å². The summed E-state index contributed by atoms with van der Waals surface area (Å²) in [4.78, 5) is 0. The summed E-state index contributed by atoms with van der Waals surface area (Å²) in [5, 5.41) is 10.4. The van der Waals surface area contributed by atoms with E-state index in [-0.39, 0.29) is 12.0 Å². The first-order valence-corrected chi connectivity index (χ1v) is 10.3. The van der Waals surface area contributed by atoms with Crippen LogP contribution in [0, 0.1) is 5.92 Å². The Balaban J connectivity index is 2.66. The van der Waals surface area contributed by atoms with E-state index in [1.807, 2.05) is 0 Å². The van der Waals surface area contributed by atoms with Crippen molar-refractivity contribution in [3.05, 3.63) is 0 Å². The molecule has 1 saturated heterocycles. The molecular formula is C16H34O3Si. The number of epoxide rings is 1. The summed E-state index contributed by atoms with van der Waals surface area (Å²) in [5.74, 6) is 0.156. The van der Waals surface area contributed by atoms with Gasteiger partial charge in [-0.1, -0.05) is 48.5 Å². The van der Waals surface area contributed by atoms with Crippen molar-refractivity contribution in [3.63, 3.8) is 0 Å². The highest BCUT2D eigenvalue weighted by Crippen LogP contribution is 2.42. The van der Waals surface area contributed by atoms with Crippen molar-refractivity contribution in [2.24, 2.45) is 5.92 Å². The van der Waals surface area contributed by atoms with E-state index >= 15 is 0 Å². The Morgan fingerprint density at radius 1 is 1.00 bits per heavy atom. The first-order chi connectivity index (χ1) is 9.14. The van der Waals surface area contributed by atoms with E-state index in [0.29, 0.717) is 29.3 Å². The van der Waals surface area contributed by atoms with Gasteiger partial charge in [-0.3, -0.25) is 0 Å². The monoisotopic (exact) mass is 302 g/mol. The van der Waals surface area contributed by atoms with Crippen molar-refractivity contribution < 1.29 is 14.3 Å². The van der Waals surface area contributed by atoms with Gasteiger partial charge in [-0.25, -0.2) is 0 Å². The van der Waals surface area contributed by atoms with Gasteiger partial charge in [0, 0.05) is 5.92 Å². The summed E-state index contributed by atoms with van der Waals surface area (Å²) in [6.45, 7) is 18.2. The summed E-state index contributed by atoms with van der Waals surface area (Å²) in [6.07, 6.45) is 0.0804. The smallest absolute Gasteiger partial charge is 0.200 e. The van der Waals surface area contributed by atoms with Crippen LogP contribution in [0.5, 0.6) is 0 Å². The van der Waals surface area contributed by atoms with E-state index in [0.717, 1.165) is 0 Å². The van der Waals surface area contributed by atoms with Gasteiger partial charge < -0.3 is 14.3 Å². The largest absolute Gasteiger partial charge is 0.413 e. The maximum atomic E-state index is 10.4. The van der Waals surface area contributed by atoms with Gasteiger partial charge in [0.05, 0.1) is 24.9 Å². The quantitative estimate of drug-likeness (QED) is 0.545. The van der Waals surface area contributed by atoms with Crippen molar-refractivity contribution in [3.8, 4) is 0 Å². The van der Waals surface area contributed by atoms with Gasteiger partial charge in [0.2, 0.25) is 0 Å². The first-order valence-electron chi connectivity index (χ1n) is 8.12. The Bertz CT molecular complexity index is 282. The van der Waals surface area contributed by atoms with E-state index < -0.39 is 14.4 Å². The lowest BCUT2D eigenvalue weighted by atomic mass is 10.00. The average molecular weight is 303 g/mol. The van der Waals surface area contributed by atoms with E-state index in [4.69, 9.17) is 9.16 Å². The molecule has 0 aliphatic carbocycles. The third-order valence-corrected chi connectivity index (χ3v) is 11.2. The summed E-state index contributed by atoms with van der Waals surface area (Å²) >= 11 is 0. The highest BCUT2D eigenvalue weighted by molar-refractivity contribution is 6.77. The molecule has 0 saturated carbocycles. The molecule has 1 rings (SSSR count). The van der Waals surface area contributed by atoms with Gasteiger partial charge >= 0.3 is 0 Å². The molecule has 20 heavy (non-hydrogen) atoms. The molecular weight excluding hydrogens is 268 g/mol. The molecule has 3 nitrogen and oxygen atoms in total. The Morgan fingerprint density at radius 2 is 1.40 bits per heavy atom. The van der Waals surface area contributed by atoms with Crippen LogP contribution < -0.4 is 0 Å². The molecule has 1 fully saturated rings. The number of rotatable bonds is 8. The number of aliphatic hydroxyl groups excluding tert-OH is 1. The molecule has 1 N–H and O–H groups in total. The van der Waals surface area contributed by atoms with Crippen LogP contribution in [0.4, 0.5) is 0 Å². The molecule has 1 heterocycles. The second-order valence-corrected chi connectivity index (χ2v) is 12.8. The minimum atomic E-state index is -1.87. The molecule has 0 spiro atoms. The topological polar surface area (TPSA) is 42.0 Å². The first kappa shape index (κ1) is 18.1. The van der Waals surface area contributed by atoms with E-state index in [2.05, 4.69) is 55.4 Å². The van der Waals surface area contributed by atoms with Crippen molar-refractivity contribution in [2.75, 3.05) is 6.61 Å². The van der Waals surface area contributed by atoms with E-state index in [1.165, 1.54) is 0 Å². The molecule has 0 radical (unpaired) electrons. The second-order valence-electron chi connectivity index (χ2n) is 7.36. The number of hydrogen-bond donors (Lipinski definition) is 1. The highest BCUT2D eigenvalue weighted by atomic mass is 28.4. The zero-order valence-electron chi connectivity index (χ0n) is 14.5. The van der Waals surface area contributed by atoms with Gasteiger partial charge in [-0.2, -0.15) is 0 Å². The lowest BCUT2D eigenvalue weighted by Gasteiger charge is -2.43. The third-order valence-electron chi connectivity index (χ3n) is 5.09. The molecule has 0 unspecified atom stereocenters. The summed E-state index contributed by atoms with van der Waals surface area (Å²) < 4.78 is 11.9. The fraction of sp³-hybridized carbons (Fsp3) is 1.00. The number of aliphatic hydroxyl groups is 1. The van der Waals surface area contributed by atoms with Crippen LogP contribution in [-0.4, -0.2) is 38.3 Å². The van der Waals surface area contributed by atoms with Crippen LogP contribution in [0.15, 0.2) is 0 Å². The standard InChI is InChI=1S/C16H34O3Si/c1-10(2)20(11(3)4,12(5)6)18-9-15(17)13(7)16-14(8)19-16/h10-17H,9H2,1-8H3/t13-,14+,15+,16-/m1/s1. The molecule has 1 aliphatic heterocycles. The highest BCUT2D eigenvalue weighted by Gasteiger charge is 2.47. The van der Waals surface area contributed by atoms with Crippen molar-refractivity contribution >= 4 is 8.32 Å². The van der Waals surface area contributed by atoms with Gasteiger partial charge in [0.1, 0.15) is 0 Å². The minimum absolute atomic E-state index is 0.156. The molecule has 0 aromatic heterocycles. The predicted molar refractivity (Wildman–Crippen MR) is 86.5 cm³/mol. The molecule has 4 heteroatoms. The van der Waals surface area contributed by atoms with Gasteiger partial charge in [0.15, 0.2) is 8.32 Å². The third kappa shape index (κ3) is 3.64. The molecule has 0 aromatic carbocycles. The van der Waals surface area contributed by atoms with E-state index in [1.54, 1.807) is 0 Å². The normalized spacial score (nSPS) is 26.4. The van der Waals surface area contributed by atoms with Crippen LogP contribution in [0.2, 0.25) is 16.6 Å². The average Bonchev–Trinajstić information content (AvgIpc) is 3.04. The zero-order chi connectivity index (χ0) is 15.7. The Kier molecular flexibility index (Phi) is 6.26. The predicted octanol–water partition coefficient (Wildman–Crippen LogP) is 3.96. The Hall–Kier alpha value is 0.0969. The van der Waals surface area contributed by atoms with E-state index in [9.17, 15) is 5.11 Å². The molecule has 0 bridgehead atoms. The van der Waals surface area contributed by atoms with Crippen LogP contribution in [0.25, 0.3) is 0 Å². The zero-order valence-corrected chi connectivity index (χ0v) is 15.5. The minimum Gasteiger partial charge on any atom is -0.413 e. The van der Waals surface area contributed by atoms with Crippen LogP contribution >= 0.6 is 0 Å². The lowest BCUT2D eigenvalue weighted by Crippen LogP contribution is -2.49. The summed E-state index contributed by atoms with van der Waals surface area (Å²) in [6, 6.07) is 0. The van der Waals surface area contributed by atoms with Crippen LogP contribution in [0.3, 0.4) is 0 Å². The van der Waals surface area contributed by atoms with Gasteiger partial charge in [-0.15, -0.1) is 0 Å². The fourth-order valence-corrected chi connectivity index (χ4v) is 9.31. The van der Waals surface area contributed by atoms with Crippen molar-refractivity contribution in [1.82, 2.24) is 0 Å². The molecule has 0 amide bonds. The SMILES string of the molecule is CC(C)[Si](OC[C@H](O)[C@@H](C)[C@H]1O[C@H]1C)(C(C)C)C(C)C. The second kappa shape index (κ2) is 6.90. The van der Waals surface area contributed by atoms with Crippen LogP contribution in [-0.2, 0) is 9.16 Å². The Labute approximate surface area is 126 Å². The van der Waals surface area contributed by atoms with Crippen molar-refractivity contribution in [2.45, 2.75) is 90.3 Å².